The van der Waals surface area contributed by atoms with Gasteiger partial charge in [-0.25, -0.2) is 4.79 Å². The molecule has 1 fully saturated rings. The Bertz CT molecular complexity index is 884. The van der Waals surface area contributed by atoms with Crippen molar-refractivity contribution in [3.8, 4) is 0 Å². The van der Waals surface area contributed by atoms with Gasteiger partial charge in [-0.05, 0) is 62.9 Å². The largest absolute Gasteiger partial charge is 0.461 e. The molecule has 3 rings (SSSR count). The first-order chi connectivity index (χ1) is 13.9. The molecule has 0 radical (unpaired) electrons. The van der Waals surface area contributed by atoms with Gasteiger partial charge >= 0.3 is 5.97 Å². The number of rotatable bonds is 6. The number of aromatic amines is 1. The maximum atomic E-state index is 13.4. The van der Waals surface area contributed by atoms with E-state index in [9.17, 15) is 9.59 Å². The molecule has 29 heavy (non-hydrogen) atoms. The first-order valence-electron chi connectivity index (χ1n) is 10.3. The highest BCUT2D eigenvalue weighted by Gasteiger charge is 2.29. The summed E-state index contributed by atoms with van der Waals surface area (Å²) >= 11 is 6.13. The van der Waals surface area contributed by atoms with Gasteiger partial charge < -0.3 is 14.6 Å². The highest BCUT2D eigenvalue weighted by molar-refractivity contribution is 6.30. The van der Waals surface area contributed by atoms with Crippen molar-refractivity contribution < 1.29 is 14.3 Å². The van der Waals surface area contributed by atoms with Crippen LogP contribution in [0.1, 0.15) is 76.7 Å². The van der Waals surface area contributed by atoms with Gasteiger partial charge in [0.2, 0.25) is 0 Å². The molecule has 156 valence electrons. The van der Waals surface area contributed by atoms with Crippen LogP contribution in [0.4, 0.5) is 0 Å². The summed E-state index contributed by atoms with van der Waals surface area (Å²) in [5.74, 6) is -0.373. The molecule has 0 aliphatic heterocycles. The van der Waals surface area contributed by atoms with Crippen LogP contribution in [0.3, 0.4) is 0 Å². The van der Waals surface area contributed by atoms with Crippen molar-refractivity contribution >= 4 is 23.5 Å². The van der Waals surface area contributed by atoms with E-state index in [0.717, 1.165) is 42.5 Å². The summed E-state index contributed by atoms with van der Waals surface area (Å²) in [5, 5.41) is 0.554. The van der Waals surface area contributed by atoms with Crippen molar-refractivity contribution in [2.45, 2.75) is 65.5 Å². The summed E-state index contributed by atoms with van der Waals surface area (Å²) in [6, 6.07) is 7.30. The highest BCUT2D eigenvalue weighted by Crippen LogP contribution is 2.29. The summed E-state index contributed by atoms with van der Waals surface area (Å²) in [5.41, 5.74) is 3.79. The number of ether oxygens (including phenoxy) is 1. The number of hydrogen-bond acceptors (Lipinski definition) is 3. The fourth-order valence-corrected chi connectivity index (χ4v) is 4.34. The van der Waals surface area contributed by atoms with Crippen LogP contribution in [0.15, 0.2) is 24.3 Å². The summed E-state index contributed by atoms with van der Waals surface area (Å²) < 4.78 is 5.16. The van der Waals surface area contributed by atoms with E-state index in [-0.39, 0.29) is 17.9 Å². The second-order valence-electron chi connectivity index (χ2n) is 7.68. The molecular weight excluding hydrogens is 388 g/mol. The SMILES string of the molecule is CCOC(=O)c1[nH]c(C)c(CN(C(=O)c2cccc(Cl)c2)C2CCCCC2)c1C. The Labute approximate surface area is 177 Å². The summed E-state index contributed by atoms with van der Waals surface area (Å²) in [6.45, 7) is 6.43. The van der Waals surface area contributed by atoms with Crippen LogP contribution >= 0.6 is 11.6 Å². The van der Waals surface area contributed by atoms with Crippen molar-refractivity contribution in [1.82, 2.24) is 9.88 Å². The summed E-state index contributed by atoms with van der Waals surface area (Å²) in [4.78, 5) is 30.8. The van der Waals surface area contributed by atoms with Crippen LogP contribution in [0, 0.1) is 13.8 Å². The summed E-state index contributed by atoms with van der Waals surface area (Å²) in [7, 11) is 0. The molecule has 0 unspecified atom stereocenters. The monoisotopic (exact) mass is 416 g/mol. The summed E-state index contributed by atoms with van der Waals surface area (Å²) in [6.07, 6.45) is 5.47. The normalized spacial score (nSPS) is 14.6. The van der Waals surface area contributed by atoms with Crippen molar-refractivity contribution in [3.63, 3.8) is 0 Å². The van der Waals surface area contributed by atoms with Gasteiger partial charge in [0.15, 0.2) is 0 Å². The van der Waals surface area contributed by atoms with Gasteiger partial charge in [0.1, 0.15) is 5.69 Å². The fraction of sp³-hybridized carbons (Fsp3) is 0.478. The number of nitrogens with zero attached hydrogens (tertiary/aromatic N) is 1. The topological polar surface area (TPSA) is 62.4 Å². The number of halogens is 1. The number of amides is 1. The molecule has 0 spiro atoms. The molecule has 1 heterocycles. The van der Waals surface area contributed by atoms with Gasteiger partial charge in [-0.15, -0.1) is 0 Å². The number of H-pyrrole nitrogens is 1. The third kappa shape index (κ3) is 4.84. The molecule has 1 amide bonds. The third-order valence-electron chi connectivity index (χ3n) is 5.75. The van der Waals surface area contributed by atoms with E-state index in [1.54, 1.807) is 25.1 Å². The van der Waals surface area contributed by atoms with Crippen LogP contribution in [0.2, 0.25) is 5.02 Å². The van der Waals surface area contributed by atoms with Crippen LogP contribution in [0.25, 0.3) is 0 Å². The van der Waals surface area contributed by atoms with Gasteiger partial charge in [-0.3, -0.25) is 4.79 Å². The maximum Gasteiger partial charge on any atom is 0.355 e. The lowest BCUT2D eigenvalue weighted by molar-refractivity contribution is 0.0519. The predicted molar refractivity (Wildman–Crippen MR) is 114 cm³/mol. The minimum Gasteiger partial charge on any atom is -0.461 e. The molecule has 1 aliphatic carbocycles. The minimum atomic E-state index is -0.357. The zero-order chi connectivity index (χ0) is 21.0. The quantitative estimate of drug-likeness (QED) is 0.638. The Hall–Kier alpha value is -2.27. The average Bonchev–Trinajstić information content (AvgIpc) is 3.00. The number of carbonyl (C=O) groups excluding carboxylic acids is 2. The lowest BCUT2D eigenvalue weighted by atomic mass is 9.93. The molecule has 6 heteroatoms. The molecular formula is C23H29ClN2O3. The molecule has 0 atom stereocenters. The van der Waals surface area contributed by atoms with Crippen molar-refractivity contribution in [1.29, 1.82) is 0 Å². The number of aromatic nitrogens is 1. The van der Waals surface area contributed by atoms with E-state index in [4.69, 9.17) is 16.3 Å². The zero-order valence-corrected chi connectivity index (χ0v) is 18.1. The van der Waals surface area contributed by atoms with Gasteiger partial charge in [-0.2, -0.15) is 0 Å². The van der Waals surface area contributed by atoms with Crippen LogP contribution in [-0.4, -0.2) is 34.4 Å². The van der Waals surface area contributed by atoms with Crippen LogP contribution in [0.5, 0.6) is 0 Å². The Morgan fingerprint density at radius 1 is 1.21 bits per heavy atom. The third-order valence-corrected chi connectivity index (χ3v) is 5.98. The zero-order valence-electron chi connectivity index (χ0n) is 17.4. The number of nitrogens with one attached hydrogen (secondary N) is 1. The van der Waals surface area contributed by atoms with E-state index in [1.165, 1.54) is 6.42 Å². The Balaban J connectivity index is 1.93. The van der Waals surface area contributed by atoms with E-state index in [1.807, 2.05) is 24.8 Å². The average molecular weight is 417 g/mol. The number of esters is 1. The number of hydrogen-bond donors (Lipinski definition) is 1. The predicted octanol–water partition coefficient (Wildman–Crippen LogP) is 5.44. The van der Waals surface area contributed by atoms with E-state index in [0.29, 0.717) is 29.4 Å². The van der Waals surface area contributed by atoms with Crippen LogP contribution < -0.4 is 0 Å². The maximum absolute atomic E-state index is 13.4. The smallest absolute Gasteiger partial charge is 0.355 e. The second-order valence-corrected chi connectivity index (χ2v) is 8.12. The Morgan fingerprint density at radius 3 is 2.59 bits per heavy atom. The molecule has 1 aromatic carbocycles. The Morgan fingerprint density at radius 2 is 1.93 bits per heavy atom. The van der Waals surface area contributed by atoms with Gasteiger partial charge in [0, 0.05) is 28.9 Å². The highest BCUT2D eigenvalue weighted by atomic mass is 35.5. The van der Waals surface area contributed by atoms with Gasteiger partial charge in [-0.1, -0.05) is 36.9 Å². The lowest BCUT2D eigenvalue weighted by Crippen LogP contribution is -2.41. The molecule has 1 saturated carbocycles. The van der Waals surface area contributed by atoms with Gasteiger partial charge in [0.25, 0.3) is 5.91 Å². The molecule has 0 bridgehead atoms. The van der Waals surface area contributed by atoms with E-state index >= 15 is 0 Å². The number of aryl methyl sites for hydroxylation is 1. The van der Waals surface area contributed by atoms with Crippen LogP contribution in [-0.2, 0) is 11.3 Å². The first kappa shape index (κ1) is 21.4. The minimum absolute atomic E-state index is 0.0166. The lowest BCUT2D eigenvalue weighted by Gasteiger charge is -2.35. The fourth-order valence-electron chi connectivity index (χ4n) is 4.15. The molecule has 0 saturated heterocycles. The number of carbonyl (C=O) groups is 2. The van der Waals surface area contributed by atoms with E-state index < -0.39 is 0 Å². The number of benzene rings is 1. The molecule has 2 aromatic rings. The Kier molecular flexibility index (Phi) is 7.01. The standard InChI is InChI=1S/C23H29ClN2O3/c1-4-29-23(28)21-15(2)20(16(3)25-21)14-26(19-11-6-5-7-12-19)22(27)17-9-8-10-18(24)13-17/h8-10,13,19,25H,4-7,11-12,14H2,1-3H3. The molecule has 1 aromatic heterocycles. The molecule has 1 N–H and O–H groups in total. The van der Waals surface area contributed by atoms with E-state index in [2.05, 4.69) is 4.98 Å². The molecule has 1 aliphatic rings. The van der Waals surface area contributed by atoms with Crippen molar-refractivity contribution in [2.24, 2.45) is 0 Å². The first-order valence-corrected chi connectivity index (χ1v) is 10.7. The van der Waals surface area contributed by atoms with Crippen molar-refractivity contribution in [3.05, 3.63) is 57.4 Å². The molecule has 5 nitrogen and oxygen atoms in total. The van der Waals surface area contributed by atoms with Gasteiger partial charge in [0.05, 0.1) is 6.61 Å². The second kappa shape index (κ2) is 9.49. The van der Waals surface area contributed by atoms with Crippen molar-refractivity contribution in [2.75, 3.05) is 6.61 Å².